The lowest BCUT2D eigenvalue weighted by Gasteiger charge is -2.25. The van der Waals surface area contributed by atoms with E-state index in [-0.39, 0.29) is 12.5 Å². The number of carbonyl (C=O) groups is 1. The molecule has 0 amide bonds. The van der Waals surface area contributed by atoms with Gasteiger partial charge in [0.05, 0.1) is 6.42 Å². The summed E-state index contributed by atoms with van der Waals surface area (Å²) in [5, 5.41) is 9.03. The van der Waals surface area contributed by atoms with Gasteiger partial charge in [-0.1, -0.05) is 6.07 Å². The summed E-state index contributed by atoms with van der Waals surface area (Å²) in [5.74, 6) is -0.738. The number of hydrogen-bond acceptors (Lipinski definition) is 2. The quantitative estimate of drug-likeness (QED) is 0.888. The van der Waals surface area contributed by atoms with Crippen LogP contribution in [-0.4, -0.2) is 36.1 Å². The smallest absolute Gasteiger partial charge is 0.304 e. The largest absolute Gasteiger partial charge is 0.481 e. The van der Waals surface area contributed by atoms with E-state index in [1.807, 2.05) is 19.0 Å². The third-order valence-electron chi connectivity index (χ3n) is 4.10. The van der Waals surface area contributed by atoms with E-state index in [1.165, 1.54) is 27.8 Å². The van der Waals surface area contributed by atoms with Gasteiger partial charge in [-0.25, -0.2) is 0 Å². The van der Waals surface area contributed by atoms with Crippen LogP contribution in [0.3, 0.4) is 0 Å². The molecule has 0 spiro atoms. The predicted molar refractivity (Wildman–Crippen MR) is 78.8 cm³/mol. The highest BCUT2D eigenvalue weighted by Gasteiger charge is 2.19. The lowest BCUT2D eigenvalue weighted by atomic mass is 9.89. The molecule has 0 aromatic heterocycles. The number of carboxylic acids is 1. The van der Waals surface area contributed by atoms with Crippen molar-refractivity contribution in [3.05, 3.63) is 33.9 Å². The Labute approximate surface area is 116 Å². The summed E-state index contributed by atoms with van der Waals surface area (Å²) >= 11 is 0. The Hall–Kier alpha value is -1.35. The molecule has 0 radical (unpaired) electrons. The zero-order chi connectivity index (χ0) is 14.7. The highest BCUT2D eigenvalue weighted by atomic mass is 16.4. The molecule has 0 saturated carbocycles. The van der Waals surface area contributed by atoms with Crippen molar-refractivity contribution in [3.63, 3.8) is 0 Å². The molecule has 1 aromatic carbocycles. The second-order valence-corrected chi connectivity index (χ2v) is 5.66. The molecule has 19 heavy (non-hydrogen) atoms. The van der Waals surface area contributed by atoms with Crippen LogP contribution in [-0.2, 0) is 11.2 Å². The number of likely N-dealkylation sites (N-methyl/N-ethyl adjacent to an activating group) is 1. The second kappa shape index (κ2) is 6.20. The minimum Gasteiger partial charge on any atom is -0.481 e. The Balaban J connectivity index is 3.12. The van der Waals surface area contributed by atoms with Crippen molar-refractivity contribution in [2.24, 2.45) is 0 Å². The minimum atomic E-state index is -0.738. The summed E-state index contributed by atoms with van der Waals surface area (Å²) in [5.41, 5.74) is 6.45. The first kappa shape index (κ1) is 15.7. The molecule has 0 saturated heterocycles. The van der Waals surface area contributed by atoms with Crippen molar-refractivity contribution < 1.29 is 9.90 Å². The monoisotopic (exact) mass is 263 g/mol. The standard InChI is InChI=1S/C16H25NO2/c1-10-7-11(2)13(4)15(12(10)3)8-14(17(5)6)9-16(18)19/h7,14H,8-9H2,1-6H3,(H,18,19). The van der Waals surface area contributed by atoms with E-state index in [4.69, 9.17) is 5.11 Å². The van der Waals surface area contributed by atoms with Crippen molar-refractivity contribution in [2.45, 2.75) is 46.6 Å². The van der Waals surface area contributed by atoms with Gasteiger partial charge in [0, 0.05) is 6.04 Å². The summed E-state index contributed by atoms with van der Waals surface area (Å²) in [4.78, 5) is 13.0. The maximum Gasteiger partial charge on any atom is 0.304 e. The molecule has 1 unspecified atom stereocenters. The predicted octanol–water partition coefficient (Wildman–Crippen LogP) is 2.87. The van der Waals surface area contributed by atoms with Crippen LogP contribution in [0.1, 0.15) is 34.2 Å². The van der Waals surface area contributed by atoms with Crippen LogP contribution in [0.25, 0.3) is 0 Å². The highest BCUT2D eigenvalue weighted by molar-refractivity contribution is 5.67. The summed E-state index contributed by atoms with van der Waals surface area (Å²) in [7, 11) is 3.89. The van der Waals surface area contributed by atoms with Crippen LogP contribution >= 0.6 is 0 Å². The van der Waals surface area contributed by atoms with Gasteiger partial charge in [-0.05, 0) is 76.0 Å². The van der Waals surface area contributed by atoms with E-state index in [0.29, 0.717) is 0 Å². The topological polar surface area (TPSA) is 40.5 Å². The third kappa shape index (κ3) is 3.80. The van der Waals surface area contributed by atoms with Gasteiger partial charge in [0.15, 0.2) is 0 Å². The number of aliphatic carboxylic acids is 1. The van der Waals surface area contributed by atoms with Gasteiger partial charge >= 0.3 is 5.97 Å². The Morgan fingerprint density at radius 1 is 1.16 bits per heavy atom. The van der Waals surface area contributed by atoms with Gasteiger partial charge in [0.2, 0.25) is 0 Å². The number of carboxylic acid groups (broad SMARTS) is 1. The molecule has 1 atom stereocenters. The Bertz CT molecular complexity index is 452. The van der Waals surface area contributed by atoms with Crippen LogP contribution in [0.2, 0.25) is 0 Å². The van der Waals surface area contributed by atoms with Crippen molar-refractivity contribution >= 4 is 5.97 Å². The summed E-state index contributed by atoms with van der Waals surface area (Å²) in [6, 6.07) is 2.24. The first-order chi connectivity index (χ1) is 8.73. The average Bonchev–Trinajstić information content (AvgIpc) is 2.30. The molecular weight excluding hydrogens is 238 g/mol. The Morgan fingerprint density at radius 2 is 1.63 bits per heavy atom. The molecule has 3 heteroatoms. The van der Waals surface area contributed by atoms with Crippen LogP contribution in [0.4, 0.5) is 0 Å². The van der Waals surface area contributed by atoms with Gasteiger partial charge in [0.25, 0.3) is 0 Å². The maximum absolute atomic E-state index is 11.0. The molecule has 0 fully saturated rings. The van der Waals surface area contributed by atoms with Crippen LogP contribution < -0.4 is 0 Å². The highest BCUT2D eigenvalue weighted by Crippen LogP contribution is 2.24. The SMILES string of the molecule is Cc1cc(C)c(C)c(CC(CC(=O)O)N(C)C)c1C. The van der Waals surface area contributed by atoms with Crippen molar-refractivity contribution in [1.82, 2.24) is 4.90 Å². The lowest BCUT2D eigenvalue weighted by Crippen LogP contribution is -2.33. The Kier molecular flexibility index (Phi) is 5.12. The molecule has 0 aliphatic heterocycles. The third-order valence-corrected chi connectivity index (χ3v) is 4.10. The van der Waals surface area contributed by atoms with E-state index < -0.39 is 5.97 Å². The second-order valence-electron chi connectivity index (χ2n) is 5.66. The fourth-order valence-corrected chi connectivity index (χ4v) is 2.48. The molecule has 0 heterocycles. The fourth-order valence-electron chi connectivity index (χ4n) is 2.48. The summed E-state index contributed by atoms with van der Waals surface area (Å²) in [6.07, 6.45) is 0.971. The van der Waals surface area contributed by atoms with Gasteiger partial charge in [-0.3, -0.25) is 4.79 Å². The molecule has 1 aromatic rings. The van der Waals surface area contributed by atoms with Gasteiger partial charge in [-0.2, -0.15) is 0 Å². The first-order valence-corrected chi connectivity index (χ1v) is 6.68. The zero-order valence-corrected chi connectivity index (χ0v) is 12.9. The molecule has 0 aliphatic carbocycles. The van der Waals surface area contributed by atoms with Crippen LogP contribution in [0, 0.1) is 27.7 Å². The number of aryl methyl sites for hydroxylation is 2. The van der Waals surface area contributed by atoms with Crippen molar-refractivity contribution in [2.75, 3.05) is 14.1 Å². The normalized spacial score (nSPS) is 12.8. The Morgan fingerprint density at radius 3 is 2.00 bits per heavy atom. The fraction of sp³-hybridized carbons (Fsp3) is 0.562. The number of benzene rings is 1. The molecule has 1 N–H and O–H groups in total. The van der Waals surface area contributed by atoms with Crippen LogP contribution in [0.5, 0.6) is 0 Å². The van der Waals surface area contributed by atoms with Crippen molar-refractivity contribution in [3.8, 4) is 0 Å². The number of hydrogen-bond donors (Lipinski definition) is 1. The van der Waals surface area contributed by atoms with Gasteiger partial charge in [-0.15, -0.1) is 0 Å². The molecule has 1 rings (SSSR count). The first-order valence-electron chi connectivity index (χ1n) is 6.68. The molecule has 106 valence electrons. The van der Waals surface area contributed by atoms with E-state index >= 15 is 0 Å². The average molecular weight is 263 g/mol. The van der Waals surface area contributed by atoms with E-state index in [0.717, 1.165) is 6.42 Å². The van der Waals surface area contributed by atoms with E-state index in [1.54, 1.807) is 0 Å². The summed E-state index contributed by atoms with van der Waals surface area (Å²) < 4.78 is 0. The van der Waals surface area contributed by atoms with Crippen LogP contribution in [0.15, 0.2) is 6.07 Å². The molecule has 0 bridgehead atoms. The number of rotatable bonds is 5. The minimum absolute atomic E-state index is 0.0381. The lowest BCUT2D eigenvalue weighted by molar-refractivity contribution is -0.138. The van der Waals surface area contributed by atoms with Gasteiger partial charge < -0.3 is 10.0 Å². The molecule has 0 aliphatic rings. The zero-order valence-electron chi connectivity index (χ0n) is 12.9. The summed E-state index contributed by atoms with van der Waals surface area (Å²) in [6.45, 7) is 8.50. The van der Waals surface area contributed by atoms with Crippen molar-refractivity contribution in [1.29, 1.82) is 0 Å². The van der Waals surface area contributed by atoms with E-state index in [2.05, 4.69) is 33.8 Å². The maximum atomic E-state index is 11.0. The molecular formula is C16H25NO2. The number of nitrogens with zero attached hydrogens (tertiary/aromatic N) is 1. The van der Waals surface area contributed by atoms with E-state index in [9.17, 15) is 4.79 Å². The molecule has 3 nitrogen and oxygen atoms in total. The van der Waals surface area contributed by atoms with Gasteiger partial charge in [0.1, 0.15) is 0 Å².